The van der Waals surface area contributed by atoms with Crippen LogP contribution < -0.4 is 15.7 Å². The van der Waals surface area contributed by atoms with Crippen molar-refractivity contribution in [3.05, 3.63) is 64.6 Å². The van der Waals surface area contributed by atoms with Crippen molar-refractivity contribution in [3.8, 4) is 11.6 Å². The second-order valence-electron chi connectivity index (χ2n) is 7.86. The Balaban J connectivity index is 1.50. The molecule has 1 aliphatic heterocycles. The minimum Gasteiger partial charge on any atom is -0.436 e. The molecule has 1 N–H and O–H groups in total. The van der Waals surface area contributed by atoms with Crippen LogP contribution in [0.2, 0.25) is 0 Å². The second-order valence-corrected chi connectivity index (χ2v) is 7.86. The van der Waals surface area contributed by atoms with Crippen LogP contribution in [-0.4, -0.2) is 44.3 Å². The van der Waals surface area contributed by atoms with E-state index < -0.39 is 5.69 Å². The Kier molecular flexibility index (Phi) is 5.32. The zero-order valence-electron chi connectivity index (χ0n) is 17.7. The number of aromatic nitrogens is 4. The van der Waals surface area contributed by atoms with Gasteiger partial charge in [-0.1, -0.05) is 29.8 Å². The maximum Gasteiger partial charge on any atom is 0.351 e. The zero-order chi connectivity index (χ0) is 22.1. The number of amides is 1. The highest BCUT2D eigenvalue weighted by Crippen LogP contribution is 2.26. The Morgan fingerprint density at radius 1 is 1.22 bits per heavy atom. The van der Waals surface area contributed by atoms with Gasteiger partial charge in [-0.15, -0.1) is 5.10 Å². The van der Waals surface area contributed by atoms with Gasteiger partial charge in [-0.05, 0) is 44.0 Å². The lowest BCUT2D eigenvalue weighted by Crippen LogP contribution is -2.36. The molecule has 9 heteroatoms. The number of aryl methyl sites for hydroxylation is 1. The molecule has 0 spiro atoms. The number of para-hydroxylation sites is 2. The molecule has 1 atom stereocenters. The number of carbonyl (C=O) groups is 1. The summed E-state index contributed by atoms with van der Waals surface area (Å²) in [5.41, 5.74) is 2.10. The number of hydrogen-bond acceptors (Lipinski definition) is 6. The first-order valence-electron chi connectivity index (χ1n) is 10.6. The van der Waals surface area contributed by atoms with Gasteiger partial charge in [0, 0.05) is 13.2 Å². The van der Waals surface area contributed by atoms with Crippen LogP contribution in [0.15, 0.2) is 53.3 Å². The van der Waals surface area contributed by atoms with Gasteiger partial charge < -0.3 is 14.8 Å². The number of nitrogens with one attached hydrogen (secondary N) is 1. The largest absolute Gasteiger partial charge is 0.436 e. The van der Waals surface area contributed by atoms with E-state index in [1.165, 1.54) is 4.40 Å². The topological polar surface area (TPSA) is 99.8 Å². The van der Waals surface area contributed by atoms with E-state index in [-0.39, 0.29) is 30.1 Å². The number of nitrogens with zero attached hydrogens (tertiary/aromatic N) is 4. The third-order valence-corrected chi connectivity index (χ3v) is 5.46. The number of benzene rings is 2. The Bertz CT molecular complexity index is 1340. The van der Waals surface area contributed by atoms with Crippen molar-refractivity contribution in [3.63, 3.8) is 0 Å². The summed E-state index contributed by atoms with van der Waals surface area (Å²) in [5, 5.41) is 7.21. The first-order valence-corrected chi connectivity index (χ1v) is 10.6. The van der Waals surface area contributed by atoms with Crippen LogP contribution in [0, 0.1) is 6.92 Å². The minimum atomic E-state index is -0.431. The number of rotatable bonds is 6. The SMILES string of the molecule is Cc1ccc(Oc2nc3ccccc3n3c(=O)n(CC(=O)NC[C@@H]4CCCO4)nc23)cc1. The number of fused-ring (bicyclic) bond motifs is 3. The Morgan fingerprint density at radius 2 is 2.03 bits per heavy atom. The first kappa shape index (κ1) is 20.2. The van der Waals surface area contributed by atoms with Crippen molar-refractivity contribution < 1.29 is 14.3 Å². The predicted molar refractivity (Wildman–Crippen MR) is 118 cm³/mol. The van der Waals surface area contributed by atoms with Crippen LogP contribution >= 0.6 is 0 Å². The standard InChI is InChI=1S/C23H23N5O4/c1-15-8-10-16(11-9-15)32-22-21-26-27(14-20(29)24-13-17-5-4-12-31-17)23(30)28(21)19-7-3-2-6-18(19)25-22/h2-3,6-11,17H,4-5,12-14H2,1H3,(H,24,29)/t17-/m0/s1. The van der Waals surface area contributed by atoms with E-state index >= 15 is 0 Å². The number of ether oxygens (including phenoxy) is 2. The molecule has 0 bridgehead atoms. The van der Waals surface area contributed by atoms with Gasteiger partial charge in [0.05, 0.1) is 17.1 Å². The molecule has 3 heterocycles. The molecule has 0 saturated carbocycles. The van der Waals surface area contributed by atoms with Gasteiger partial charge in [0.2, 0.25) is 11.6 Å². The molecule has 5 rings (SSSR count). The van der Waals surface area contributed by atoms with Crippen molar-refractivity contribution in [1.82, 2.24) is 24.5 Å². The molecule has 1 saturated heterocycles. The highest BCUT2D eigenvalue weighted by atomic mass is 16.5. The fourth-order valence-electron chi connectivity index (χ4n) is 3.78. The molecule has 2 aromatic heterocycles. The average Bonchev–Trinajstić information content (AvgIpc) is 3.43. The van der Waals surface area contributed by atoms with Gasteiger partial charge in [-0.2, -0.15) is 0 Å². The molecule has 0 radical (unpaired) electrons. The van der Waals surface area contributed by atoms with E-state index in [4.69, 9.17) is 9.47 Å². The van der Waals surface area contributed by atoms with Gasteiger partial charge in [-0.3, -0.25) is 4.79 Å². The number of carbonyl (C=O) groups excluding carboxylic acids is 1. The molecule has 0 aliphatic carbocycles. The lowest BCUT2D eigenvalue weighted by atomic mass is 10.2. The summed E-state index contributed by atoms with van der Waals surface area (Å²) in [6.07, 6.45) is 1.95. The molecule has 1 aliphatic rings. The van der Waals surface area contributed by atoms with Crippen LogP contribution in [0.5, 0.6) is 11.6 Å². The van der Waals surface area contributed by atoms with E-state index in [0.29, 0.717) is 23.3 Å². The van der Waals surface area contributed by atoms with Crippen LogP contribution in [-0.2, 0) is 16.1 Å². The lowest BCUT2D eigenvalue weighted by molar-refractivity contribution is -0.122. The zero-order valence-corrected chi connectivity index (χ0v) is 17.7. The van der Waals surface area contributed by atoms with Crippen LogP contribution in [0.4, 0.5) is 0 Å². The first-order chi connectivity index (χ1) is 15.6. The molecular formula is C23H23N5O4. The quantitative estimate of drug-likeness (QED) is 0.501. The van der Waals surface area contributed by atoms with Gasteiger partial charge in [0.1, 0.15) is 12.3 Å². The van der Waals surface area contributed by atoms with E-state index in [2.05, 4.69) is 15.4 Å². The molecule has 2 aromatic carbocycles. The summed E-state index contributed by atoms with van der Waals surface area (Å²) in [7, 11) is 0. The highest BCUT2D eigenvalue weighted by Gasteiger charge is 2.20. The van der Waals surface area contributed by atoms with Crippen LogP contribution in [0.3, 0.4) is 0 Å². The van der Waals surface area contributed by atoms with Crippen molar-refractivity contribution in [2.45, 2.75) is 32.4 Å². The van der Waals surface area contributed by atoms with Crippen molar-refractivity contribution >= 4 is 22.6 Å². The summed E-state index contributed by atoms with van der Waals surface area (Å²) < 4.78 is 14.1. The average molecular weight is 433 g/mol. The minimum absolute atomic E-state index is 0.0272. The summed E-state index contributed by atoms with van der Waals surface area (Å²) in [4.78, 5) is 30.2. The normalized spacial score (nSPS) is 16.0. The fourth-order valence-corrected chi connectivity index (χ4v) is 3.78. The summed E-state index contributed by atoms with van der Waals surface area (Å²) >= 11 is 0. The van der Waals surface area contributed by atoms with Gasteiger partial charge in [-0.25, -0.2) is 18.9 Å². The smallest absolute Gasteiger partial charge is 0.351 e. The lowest BCUT2D eigenvalue weighted by Gasteiger charge is -2.10. The Labute approximate surface area is 183 Å². The van der Waals surface area contributed by atoms with Crippen LogP contribution in [0.25, 0.3) is 16.7 Å². The van der Waals surface area contributed by atoms with Crippen molar-refractivity contribution in [1.29, 1.82) is 0 Å². The maximum absolute atomic E-state index is 13.2. The molecule has 1 amide bonds. The van der Waals surface area contributed by atoms with Gasteiger partial charge >= 0.3 is 5.69 Å². The summed E-state index contributed by atoms with van der Waals surface area (Å²) in [6.45, 7) is 2.93. The molecule has 1 fully saturated rings. The van der Waals surface area contributed by atoms with E-state index in [1.807, 2.05) is 43.3 Å². The molecule has 0 unspecified atom stereocenters. The Morgan fingerprint density at radius 3 is 2.81 bits per heavy atom. The van der Waals surface area contributed by atoms with E-state index in [0.717, 1.165) is 29.7 Å². The monoisotopic (exact) mass is 433 g/mol. The van der Waals surface area contributed by atoms with E-state index in [9.17, 15) is 9.59 Å². The van der Waals surface area contributed by atoms with Crippen molar-refractivity contribution in [2.24, 2.45) is 0 Å². The third kappa shape index (κ3) is 3.94. The predicted octanol–water partition coefficient (Wildman–Crippen LogP) is 2.44. The third-order valence-electron chi connectivity index (χ3n) is 5.46. The van der Waals surface area contributed by atoms with Crippen molar-refractivity contribution in [2.75, 3.05) is 13.2 Å². The highest BCUT2D eigenvalue weighted by molar-refractivity contribution is 5.80. The maximum atomic E-state index is 13.2. The number of hydrogen-bond donors (Lipinski definition) is 1. The molecule has 32 heavy (non-hydrogen) atoms. The van der Waals surface area contributed by atoms with Crippen LogP contribution in [0.1, 0.15) is 18.4 Å². The fraction of sp³-hybridized carbons (Fsp3) is 0.304. The van der Waals surface area contributed by atoms with Gasteiger partial charge in [0.25, 0.3) is 5.88 Å². The second kappa shape index (κ2) is 8.43. The summed E-state index contributed by atoms with van der Waals surface area (Å²) in [6, 6.07) is 14.8. The van der Waals surface area contributed by atoms with Gasteiger partial charge in [0.15, 0.2) is 0 Å². The molecule has 164 valence electrons. The molecule has 4 aromatic rings. The Hall–Kier alpha value is -3.72. The molecular weight excluding hydrogens is 410 g/mol. The van der Waals surface area contributed by atoms with E-state index in [1.54, 1.807) is 12.1 Å². The summed E-state index contributed by atoms with van der Waals surface area (Å²) in [5.74, 6) is 0.476. The molecule has 9 nitrogen and oxygen atoms in total.